The van der Waals surface area contributed by atoms with Crippen LogP contribution in [-0.2, 0) is 4.79 Å². The van der Waals surface area contributed by atoms with Gasteiger partial charge in [-0.15, -0.1) is 0 Å². The summed E-state index contributed by atoms with van der Waals surface area (Å²) in [5, 5.41) is 0. The van der Waals surface area contributed by atoms with E-state index < -0.39 is 0 Å². The third-order valence-electron chi connectivity index (χ3n) is 2.33. The van der Waals surface area contributed by atoms with Gasteiger partial charge in [0, 0.05) is 0 Å². The first-order valence-corrected chi connectivity index (χ1v) is 5.57. The Morgan fingerprint density at radius 1 is 1.31 bits per heavy atom. The minimum absolute atomic E-state index is 0.254. The number of aldehydes is 1. The lowest BCUT2D eigenvalue weighted by Crippen LogP contribution is -1.95. The van der Waals surface area contributed by atoms with Crippen LogP contribution in [0.25, 0.3) is 6.08 Å². The van der Waals surface area contributed by atoms with E-state index in [-0.39, 0.29) is 5.92 Å². The van der Waals surface area contributed by atoms with Crippen molar-refractivity contribution in [3.05, 3.63) is 35.4 Å². The average molecular weight is 218 g/mol. The number of allylic oxidation sites excluding steroid dienone is 1. The third kappa shape index (κ3) is 3.54. The molecule has 1 aromatic rings. The first kappa shape index (κ1) is 12.5. The molecule has 0 unspecified atom stereocenters. The standard InChI is InChI=1S/C14H18O2/c1-4-16-14-7-5-12(6-8-14)9-13(10-15)11(2)3/h5-11H,4H2,1-3H3/b13-9-. The topological polar surface area (TPSA) is 26.3 Å². The maximum absolute atomic E-state index is 10.8. The normalized spacial score (nSPS) is 11.6. The van der Waals surface area contributed by atoms with Crippen molar-refractivity contribution >= 4 is 12.4 Å². The molecule has 0 N–H and O–H groups in total. The van der Waals surface area contributed by atoms with Gasteiger partial charge in [0.15, 0.2) is 0 Å². The molecular formula is C14H18O2. The molecule has 1 aromatic carbocycles. The number of carbonyl (C=O) groups excluding carboxylic acids is 1. The second-order valence-corrected chi connectivity index (χ2v) is 3.92. The Morgan fingerprint density at radius 3 is 2.38 bits per heavy atom. The van der Waals surface area contributed by atoms with E-state index in [1.54, 1.807) is 0 Å². The molecule has 16 heavy (non-hydrogen) atoms. The van der Waals surface area contributed by atoms with Gasteiger partial charge in [0.2, 0.25) is 0 Å². The van der Waals surface area contributed by atoms with E-state index in [0.29, 0.717) is 6.61 Å². The largest absolute Gasteiger partial charge is 0.494 e. The van der Waals surface area contributed by atoms with Crippen LogP contribution in [-0.4, -0.2) is 12.9 Å². The van der Waals surface area contributed by atoms with Crippen LogP contribution in [0.15, 0.2) is 29.8 Å². The minimum atomic E-state index is 0.254. The summed E-state index contributed by atoms with van der Waals surface area (Å²) in [6.45, 7) is 6.64. The molecule has 0 aliphatic carbocycles. The van der Waals surface area contributed by atoms with Crippen molar-refractivity contribution < 1.29 is 9.53 Å². The van der Waals surface area contributed by atoms with Gasteiger partial charge < -0.3 is 4.74 Å². The number of hydrogen-bond acceptors (Lipinski definition) is 2. The molecule has 86 valence electrons. The van der Waals surface area contributed by atoms with Gasteiger partial charge in [-0.3, -0.25) is 4.79 Å². The zero-order valence-electron chi connectivity index (χ0n) is 10.1. The van der Waals surface area contributed by atoms with E-state index in [0.717, 1.165) is 23.2 Å². The van der Waals surface area contributed by atoms with Crippen LogP contribution in [0.4, 0.5) is 0 Å². The number of carbonyl (C=O) groups is 1. The summed E-state index contributed by atoms with van der Waals surface area (Å²) in [6.07, 6.45) is 2.83. The van der Waals surface area contributed by atoms with Crippen LogP contribution in [0.2, 0.25) is 0 Å². The van der Waals surface area contributed by atoms with Gasteiger partial charge in [-0.1, -0.05) is 26.0 Å². The molecule has 0 radical (unpaired) electrons. The molecule has 0 fully saturated rings. The summed E-state index contributed by atoms with van der Waals surface area (Å²) in [7, 11) is 0. The van der Waals surface area contributed by atoms with Crippen molar-refractivity contribution in [1.29, 1.82) is 0 Å². The molecule has 0 heterocycles. The smallest absolute Gasteiger partial charge is 0.146 e. The molecule has 1 rings (SSSR count). The Hall–Kier alpha value is -1.57. The first-order chi connectivity index (χ1) is 7.67. The second-order valence-electron chi connectivity index (χ2n) is 3.92. The lowest BCUT2D eigenvalue weighted by atomic mass is 10.0. The summed E-state index contributed by atoms with van der Waals surface area (Å²) < 4.78 is 5.35. The highest BCUT2D eigenvalue weighted by molar-refractivity contribution is 5.82. The van der Waals surface area contributed by atoms with Gasteiger partial charge in [0.05, 0.1) is 6.61 Å². The maximum atomic E-state index is 10.8. The molecule has 0 bridgehead atoms. The van der Waals surface area contributed by atoms with Crippen LogP contribution in [0, 0.1) is 5.92 Å². The fourth-order valence-corrected chi connectivity index (χ4v) is 1.36. The Balaban J connectivity index is 2.85. The molecule has 0 aliphatic heterocycles. The zero-order valence-corrected chi connectivity index (χ0v) is 10.1. The van der Waals surface area contributed by atoms with E-state index in [1.807, 2.05) is 51.1 Å². The minimum Gasteiger partial charge on any atom is -0.494 e. The van der Waals surface area contributed by atoms with Gasteiger partial charge in [-0.05, 0) is 42.2 Å². The van der Waals surface area contributed by atoms with Gasteiger partial charge in [-0.2, -0.15) is 0 Å². The first-order valence-electron chi connectivity index (χ1n) is 5.57. The molecule has 0 aromatic heterocycles. The van der Waals surface area contributed by atoms with E-state index in [9.17, 15) is 4.79 Å². The van der Waals surface area contributed by atoms with E-state index in [2.05, 4.69) is 0 Å². The summed E-state index contributed by atoms with van der Waals surface area (Å²) in [5.41, 5.74) is 1.84. The average Bonchev–Trinajstić information content (AvgIpc) is 2.28. The summed E-state index contributed by atoms with van der Waals surface area (Å²) in [5.74, 6) is 1.11. The number of rotatable bonds is 5. The van der Waals surface area contributed by atoms with Gasteiger partial charge >= 0.3 is 0 Å². The number of benzene rings is 1. The van der Waals surface area contributed by atoms with Crippen molar-refractivity contribution in [2.24, 2.45) is 5.92 Å². The predicted octanol–water partition coefficient (Wildman–Crippen LogP) is 3.32. The van der Waals surface area contributed by atoms with Crippen molar-refractivity contribution in [3.8, 4) is 5.75 Å². The van der Waals surface area contributed by atoms with E-state index >= 15 is 0 Å². The van der Waals surface area contributed by atoms with Crippen LogP contribution >= 0.6 is 0 Å². The Morgan fingerprint density at radius 2 is 1.94 bits per heavy atom. The fourth-order valence-electron chi connectivity index (χ4n) is 1.36. The second kappa shape index (κ2) is 6.11. The number of hydrogen-bond donors (Lipinski definition) is 0. The summed E-state index contributed by atoms with van der Waals surface area (Å²) in [4.78, 5) is 10.8. The molecular weight excluding hydrogens is 200 g/mol. The predicted molar refractivity (Wildman–Crippen MR) is 66.5 cm³/mol. The van der Waals surface area contributed by atoms with Gasteiger partial charge in [0.25, 0.3) is 0 Å². The zero-order chi connectivity index (χ0) is 12.0. The van der Waals surface area contributed by atoms with Crippen LogP contribution < -0.4 is 4.74 Å². The molecule has 0 saturated heterocycles. The molecule has 0 amide bonds. The number of ether oxygens (including phenoxy) is 1. The van der Waals surface area contributed by atoms with Crippen LogP contribution in [0.1, 0.15) is 26.3 Å². The Kier molecular flexibility index (Phi) is 4.77. The summed E-state index contributed by atoms with van der Waals surface area (Å²) in [6, 6.07) is 7.74. The molecule has 2 nitrogen and oxygen atoms in total. The van der Waals surface area contributed by atoms with Gasteiger partial charge in [0.1, 0.15) is 12.0 Å². The van der Waals surface area contributed by atoms with Crippen molar-refractivity contribution in [3.63, 3.8) is 0 Å². The van der Waals surface area contributed by atoms with Crippen LogP contribution in [0.5, 0.6) is 5.75 Å². The van der Waals surface area contributed by atoms with E-state index in [4.69, 9.17) is 4.74 Å². The quantitative estimate of drug-likeness (QED) is 0.559. The van der Waals surface area contributed by atoms with Crippen molar-refractivity contribution in [2.75, 3.05) is 6.61 Å². The third-order valence-corrected chi connectivity index (χ3v) is 2.33. The van der Waals surface area contributed by atoms with Crippen molar-refractivity contribution in [2.45, 2.75) is 20.8 Å². The Bertz CT molecular complexity index is 361. The highest BCUT2D eigenvalue weighted by Crippen LogP contribution is 2.16. The maximum Gasteiger partial charge on any atom is 0.146 e. The highest BCUT2D eigenvalue weighted by atomic mass is 16.5. The SMILES string of the molecule is CCOc1ccc(/C=C(/C=O)C(C)C)cc1. The molecule has 0 spiro atoms. The van der Waals surface area contributed by atoms with Crippen LogP contribution in [0.3, 0.4) is 0 Å². The fraction of sp³-hybridized carbons (Fsp3) is 0.357. The van der Waals surface area contributed by atoms with E-state index in [1.165, 1.54) is 0 Å². The molecule has 0 atom stereocenters. The van der Waals surface area contributed by atoms with Gasteiger partial charge in [-0.25, -0.2) is 0 Å². The highest BCUT2D eigenvalue weighted by Gasteiger charge is 2.01. The molecule has 0 aliphatic rings. The monoisotopic (exact) mass is 218 g/mol. The lowest BCUT2D eigenvalue weighted by Gasteiger charge is -2.05. The molecule has 0 saturated carbocycles. The molecule has 2 heteroatoms. The summed E-state index contributed by atoms with van der Waals surface area (Å²) >= 11 is 0. The Labute approximate surface area is 96.9 Å². The van der Waals surface area contributed by atoms with Crippen molar-refractivity contribution in [1.82, 2.24) is 0 Å². The lowest BCUT2D eigenvalue weighted by molar-refractivity contribution is -0.105.